The number of nitrogens with zero attached hydrogens (tertiary/aromatic N) is 2. The highest BCUT2D eigenvalue weighted by Crippen LogP contribution is 2.22. The lowest BCUT2D eigenvalue weighted by molar-refractivity contribution is -0.125. The molecular weight excluding hydrogens is 340 g/mol. The van der Waals surface area contributed by atoms with Crippen LogP contribution in [0.5, 0.6) is 0 Å². The number of amides is 3. The molecule has 0 aliphatic carbocycles. The third-order valence-electron chi connectivity index (χ3n) is 4.26. The summed E-state index contributed by atoms with van der Waals surface area (Å²) in [6, 6.07) is 16.6. The molecule has 0 heterocycles. The molecule has 0 fully saturated rings. The molecule has 3 amide bonds. The van der Waals surface area contributed by atoms with Crippen LogP contribution in [-0.4, -0.2) is 44.5 Å². The van der Waals surface area contributed by atoms with Gasteiger partial charge in [0.25, 0.3) is 0 Å². The second kappa shape index (κ2) is 9.73. The van der Waals surface area contributed by atoms with Crippen molar-refractivity contribution in [2.24, 2.45) is 0 Å². The summed E-state index contributed by atoms with van der Waals surface area (Å²) in [6.07, 6.45) is 0. The molecule has 144 valence electrons. The van der Waals surface area contributed by atoms with Crippen molar-refractivity contribution in [1.82, 2.24) is 15.5 Å². The van der Waals surface area contributed by atoms with E-state index in [4.69, 9.17) is 0 Å². The first-order valence-electron chi connectivity index (χ1n) is 9.02. The van der Waals surface area contributed by atoms with Gasteiger partial charge in [-0.15, -0.1) is 0 Å². The van der Waals surface area contributed by atoms with Crippen LogP contribution in [0, 0.1) is 0 Å². The minimum absolute atomic E-state index is 0.348. The Balaban J connectivity index is 2.19. The van der Waals surface area contributed by atoms with Crippen molar-refractivity contribution in [1.29, 1.82) is 0 Å². The molecule has 0 spiro atoms. The lowest BCUT2D eigenvalue weighted by Crippen LogP contribution is -2.45. The second-order valence-electron chi connectivity index (χ2n) is 6.64. The van der Waals surface area contributed by atoms with Gasteiger partial charge in [0.05, 0.1) is 0 Å². The van der Waals surface area contributed by atoms with E-state index in [2.05, 4.69) is 34.9 Å². The Morgan fingerprint density at radius 3 is 2.15 bits per heavy atom. The Morgan fingerprint density at radius 1 is 0.963 bits per heavy atom. The van der Waals surface area contributed by atoms with Crippen molar-refractivity contribution in [3.8, 4) is 0 Å². The zero-order valence-electron chi connectivity index (χ0n) is 16.4. The van der Waals surface area contributed by atoms with E-state index in [1.54, 1.807) is 0 Å². The van der Waals surface area contributed by atoms with Gasteiger partial charge in [-0.05, 0) is 37.2 Å². The van der Waals surface area contributed by atoms with Crippen LogP contribution >= 0.6 is 0 Å². The van der Waals surface area contributed by atoms with Crippen molar-refractivity contribution in [3.63, 3.8) is 0 Å². The average Bonchev–Trinajstić information content (AvgIpc) is 2.63. The number of urea groups is 1. The van der Waals surface area contributed by atoms with Crippen LogP contribution in [0.15, 0.2) is 54.6 Å². The summed E-state index contributed by atoms with van der Waals surface area (Å²) in [4.78, 5) is 28.6. The summed E-state index contributed by atoms with van der Waals surface area (Å²) in [5.41, 5.74) is 3.05. The molecule has 1 atom stereocenters. The Hall–Kier alpha value is -2.86. The zero-order valence-corrected chi connectivity index (χ0v) is 16.4. The van der Waals surface area contributed by atoms with Crippen molar-refractivity contribution in [2.75, 3.05) is 32.6 Å². The summed E-state index contributed by atoms with van der Waals surface area (Å²) in [5, 5.41) is 5.03. The highest BCUT2D eigenvalue weighted by Gasteiger charge is 2.26. The molecule has 0 aliphatic rings. The molecular formula is C21H28N4O2. The second-order valence-corrected chi connectivity index (χ2v) is 6.64. The molecule has 0 unspecified atom stereocenters. The SMILES string of the molecule is CCNC(=O)NC(=O)[C@@H](c1ccccc1)N(C)Cc1ccc(N(C)C)cc1. The summed E-state index contributed by atoms with van der Waals surface area (Å²) >= 11 is 0. The highest BCUT2D eigenvalue weighted by atomic mass is 16.2. The maximum absolute atomic E-state index is 12.8. The van der Waals surface area contributed by atoms with Gasteiger partial charge in [0.1, 0.15) is 6.04 Å². The number of carbonyl (C=O) groups excluding carboxylic acids is 2. The van der Waals surface area contributed by atoms with Crippen molar-refractivity contribution in [2.45, 2.75) is 19.5 Å². The first-order valence-corrected chi connectivity index (χ1v) is 9.02. The normalized spacial score (nSPS) is 11.7. The summed E-state index contributed by atoms with van der Waals surface area (Å²) < 4.78 is 0. The zero-order chi connectivity index (χ0) is 19.8. The van der Waals surface area contributed by atoms with Crippen LogP contribution < -0.4 is 15.5 Å². The quantitative estimate of drug-likeness (QED) is 0.789. The number of hydrogen-bond donors (Lipinski definition) is 2. The molecule has 27 heavy (non-hydrogen) atoms. The van der Waals surface area contributed by atoms with Gasteiger partial charge in [0, 0.05) is 32.9 Å². The fraction of sp³-hybridized carbons (Fsp3) is 0.333. The maximum atomic E-state index is 12.8. The van der Waals surface area contributed by atoms with Gasteiger partial charge in [-0.1, -0.05) is 42.5 Å². The molecule has 0 aromatic heterocycles. The van der Waals surface area contributed by atoms with Crippen molar-refractivity contribution in [3.05, 3.63) is 65.7 Å². The van der Waals surface area contributed by atoms with Gasteiger partial charge >= 0.3 is 6.03 Å². The fourth-order valence-electron chi connectivity index (χ4n) is 2.91. The van der Waals surface area contributed by atoms with Crippen LogP contribution in [-0.2, 0) is 11.3 Å². The molecule has 0 bridgehead atoms. The number of anilines is 1. The Kier molecular flexibility index (Phi) is 7.37. The van der Waals surface area contributed by atoms with Crippen LogP contribution in [0.1, 0.15) is 24.1 Å². The Morgan fingerprint density at radius 2 is 1.59 bits per heavy atom. The predicted molar refractivity (Wildman–Crippen MR) is 109 cm³/mol. The van der Waals surface area contributed by atoms with Crippen molar-refractivity contribution >= 4 is 17.6 Å². The lowest BCUT2D eigenvalue weighted by atomic mass is 10.0. The van der Waals surface area contributed by atoms with Gasteiger partial charge in [-0.25, -0.2) is 4.79 Å². The summed E-state index contributed by atoms with van der Waals surface area (Å²) in [7, 11) is 5.88. The minimum Gasteiger partial charge on any atom is -0.378 e. The first-order chi connectivity index (χ1) is 12.9. The van der Waals surface area contributed by atoms with Crippen LogP contribution in [0.25, 0.3) is 0 Å². The maximum Gasteiger partial charge on any atom is 0.321 e. The molecule has 6 nitrogen and oxygen atoms in total. The molecule has 0 radical (unpaired) electrons. The van der Waals surface area contributed by atoms with E-state index >= 15 is 0 Å². The number of hydrogen-bond acceptors (Lipinski definition) is 4. The Bertz CT molecular complexity index is 745. The summed E-state index contributed by atoms with van der Waals surface area (Å²) in [5.74, 6) is -0.348. The molecule has 2 aromatic carbocycles. The molecule has 0 saturated carbocycles. The van der Waals surface area contributed by atoms with Crippen LogP contribution in [0.4, 0.5) is 10.5 Å². The first kappa shape index (κ1) is 20.5. The largest absolute Gasteiger partial charge is 0.378 e. The predicted octanol–water partition coefficient (Wildman–Crippen LogP) is 2.77. The van der Waals surface area contributed by atoms with Gasteiger partial charge in [0.2, 0.25) is 5.91 Å². The number of carbonyl (C=O) groups is 2. The Labute approximate surface area is 161 Å². The number of rotatable bonds is 7. The number of imide groups is 1. The average molecular weight is 368 g/mol. The molecule has 0 saturated heterocycles. The highest BCUT2D eigenvalue weighted by molar-refractivity contribution is 5.97. The lowest BCUT2D eigenvalue weighted by Gasteiger charge is -2.27. The molecule has 2 rings (SSSR count). The van der Waals surface area contributed by atoms with E-state index < -0.39 is 12.1 Å². The van der Waals surface area contributed by atoms with Crippen LogP contribution in [0.3, 0.4) is 0 Å². The fourth-order valence-corrected chi connectivity index (χ4v) is 2.91. The standard InChI is InChI=1S/C21H28N4O2/c1-5-22-21(27)23-20(26)19(17-9-7-6-8-10-17)25(4)15-16-11-13-18(14-12-16)24(2)3/h6-14,19H,5,15H2,1-4H3,(H2,22,23,26,27)/t19-/m1/s1. The van der Waals surface area contributed by atoms with E-state index in [1.807, 2.05) is 68.2 Å². The third kappa shape index (κ3) is 5.82. The van der Waals surface area contributed by atoms with E-state index in [1.165, 1.54) is 0 Å². The molecule has 6 heteroatoms. The van der Waals surface area contributed by atoms with Crippen LogP contribution in [0.2, 0.25) is 0 Å². The smallest absolute Gasteiger partial charge is 0.321 e. The molecule has 0 aliphatic heterocycles. The minimum atomic E-state index is -0.567. The van der Waals surface area contributed by atoms with E-state index in [-0.39, 0.29) is 5.91 Å². The van der Waals surface area contributed by atoms with E-state index in [0.717, 1.165) is 16.8 Å². The monoisotopic (exact) mass is 368 g/mol. The molecule has 2 N–H and O–H groups in total. The van der Waals surface area contributed by atoms with Gasteiger partial charge < -0.3 is 10.2 Å². The van der Waals surface area contributed by atoms with Gasteiger partial charge in [-0.3, -0.25) is 15.0 Å². The topological polar surface area (TPSA) is 64.7 Å². The number of likely N-dealkylation sites (N-methyl/N-ethyl adjacent to an activating group) is 1. The number of nitrogens with one attached hydrogen (secondary N) is 2. The summed E-state index contributed by atoms with van der Waals surface area (Å²) in [6.45, 7) is 2.85. The van der Waals surface area contributed by atoms with Crippen molar-refractivity contribution < 1.29 is 9.59 Å². The van der Waals surface area contributed by atoms with E-state index in [0.29, 0.717) is 13.1 Å². The molecule has 2 aromatic rings. The number of benzene rings is 2. The van der Waals surface area contributed by atoms with E-state index in [9.17, 15) is 9.59 Å². The van der Waals surface area contributed by atoms with Gasteiger partial charge in [-0.2, -0.15) is 0 Å². The van der Waals surface area contributed by atoms with Gasteiger partial charge in [0.15, 0.2) is 0 Å². The third-order valence-corrected chi connectivity index (χ3v) is 4.26.